The molecular weight excluding hydrogens is 372 g/mol. The van der Waals surface area contributed by atoms with Gasteiger partial charge in [-0.3, -0.25) is 4.55 Å². The first kappa shape index (κ1) is 16.8. The SMILES string of the molecule is C=c1ccc2c(c1)Oc1cc(Cl)ccc1C=2c1ccccc1S(=O)(=O)O. The molecule has 1 heterocycles. The average Bonchev–Trinajstić information content (AvgIpc) is 2.58. The van der Waals surface area contributed by atoms with Crippen molar-refractivity contribution >= 4 is 33.9 Å². The molecule has 3 aromatic rings. The number of halogens is 1. The van der Waals surface area contributed by atoms with Gasteiger partial charge in [-0.05, 0) is 29.5 Å². The van der Waals surface area contributed by atoms with Crippen LogP contribution in [0.3, 0.4) is 0 Å². The number of fused-ring (bicyclic) bond motifs is 2. The number of hydrogen-bond acceptors (Lipinski definition) is 3. The third kappa shape index (κ3) is 2.80. The smallest absolute Gasteiger partial charge is 0.295 e. The van der Waals surface area contributed by atoms with Crippen LogP contribution in [0.1, 0.15) is 11.1 Å². The Labute approximate surface area is 155 Å². The molecule has 0 spiro atoms. The highest BCUT2D eigenvalue weighted by molar-refractivity contribution is 7.86. The Bertz CT molecular complexity index is 1260. The number of hydrogen-bond donors (Lipinski definition) is 1. The molecule has 4 rings (SSSR count). The normalized spacial score (nSPS) is 12.9. The lowest BCUT2D eigenvalue weighted by Crippen LogP contribution is -2.20. The summed E-state index contributed by atoms with van der Waals surface area (Å²) in [4.78, 5) is -0.164. The van der Waals surface area contributed by atoms with Crippen LogP contribution < -0.4 is 15.2 Å². The molecule has 0 unspecified atom stereocenters. The fourth-order valence-electron chi connectivity index (χ4n) is 3.10. The van der Waals surface area contributed by atoms with Gasteiger partial charge in [0, 0.05) is 33.0 Å². The van der Waals surface area contributed by atoms with Gasteiger partial charge >= 0.3 is 0 Å². The van der Waals surface area contributed by atoms with Crippen molar-refractivity contribution in [2.45, 2.75) is 4.90 Å². The highest BCUT2D eigenvalue weighted by Gasteiger charge is 2.25. The molecule has 6 heteroatoms. The molecule has 0 saturated heterocycles. The molecule has 26 heavy (non-hydrogen) atoms. The Kier molecular flexibility index (Phi) is 3.88. The maximum atomic E-state index is 11.9. The predicted octanol–water partition coefficient (Wildman–Crippen LogP) is 3.35. The van der Waals surface area contributed by atoms with Crippen molar-refractivity contribution in [2.75, 3.05) is 0 Å². The molecule has 0 saturated carbocycles. The Morgan fingerprint density at radius 1 is 0.923 bits per heavy atom. The number of ether oxygens (including phenoxy) is 1. The van der Waals surface area contributed by atoms with Crippen molar-refractivity contribution in [3.63, 3.8) is 0 Å². The maximum Gasteiger partial charge on any atom is 0.295 e. The first-order valence-corrected chi connectivity index (χ1v) is 9.54. The topological polar surface area (TPSA) is 63.6 Å². The fraction of sp³-hybridized carbons (Fsp3) is 0. The van der Waals surface area contributed by atoms with Gasteiger partial charge in [-0.15, -0.1) is 0 Å². The lowest BCUT2D eigenvalue weighted by Gasteiger charge is -2.22. The largest absolute Gasteiger partial charge is 0.456 e. The zero-order valence-corrected chi connectivity index (χ0v) is 15.0. The summed E-state index contributed by atoms with van der Waals surface area (Å²) in [5.41, 5.74) is 1.72. The van der Waals surface area contributed by atoms with E-state index in [2.05, 4.69) is 6.58 Å². The molecule has 0 aliphatic carbocycles. The highest BCUT2D eigenvalue weighted by atomic mass is 35.5. The van der Waals surface area contributed by atoms with Crippen molar-refractivity contribution in [2.24, 2.45) is 0 Å². The molecule has 1 aliphatic rings. The van der Waals surface area contributed by atoms with E-state index in [1.54, 1.807) is 42.5 Å². The van der Waals surface area contributed by atoms with Crippen LogP contribution in [-0.4, -0.2) is 13.0 Å². The van der Waals surface area contributed by atoms with Crippen LogP contribution >= 0.6 is 11.6 Å². The summed E-state index contributed by atoms with van der Waals surface area (Å²) in [5, 5.41) is 1.97. The molecule has 0 amide bonds. The van der Waals surface area contributed by atoms with Crippen molar-refractivity contribution in [3.8, 4) is 11.5 Å². The molecule has 1 aliphatic heterocycles. The zero-order valence-electron chi connectivity index (χ0n) is 13.4. The van der Waals surface area contributed by atoms with Crippen LogP contribution in [-0.2, 0) is 10.1 Å². The molecule has 0 bridgehead atoms. The van der Waals surface area contributed by atoms with Crippen molar-refractivity contribution in [1.29, 1.82) is 0 Å². The minimum Gasteiger partial charge on any atom is -0.456 e. The van der Waals surface area contributed by atoms with Gasteiger partial charge in [0.2, 0.25) is 0 Å². The Hall–Kier alpha value is -2.60. The second-order valence-corrected chi connectivity index (χ2v) is 7.75. The molecule has 1 N–H and O–H groups in total. The van der Waals surface area contributed by atoms with Crippen LogP contribution in [0.2, 0.25) is 5.02 Å². The van der Waals surface area contributed by atoms with E-state index in [0.717, 1.165) is 5.22 Å². The molecule has 0 aromatic heterocycles. The van der Waals surface area contributed by atoms with E-state index in [4.69, 9.17) is 16.3 Å². The molecular formula is C20H13ClO4S. The number of benzene rings is 3. The second kappa shape index (κ2) is 5.99. The minimum absolute atomic E-state index is 0.164. The average molecular weight is 385 g/mol. The lowest BCUT2D eigenvalue weighted by atomic mass is 9.92. The van der Waals surface area contributed by atoms with E-state index in [0.29, 0.717) is 38.4 Å². The van der Waals surface area contributed by atoms with Crippen LogP contribution in [0.25, 0.3) is 12.2 Å². The molecule has 0 fully saturated rings. The molecule has 3 aromatic carbocycles. The van der Waals surface area contributed by atoms with Crippen LogP contribution in [0, 0.1) is 0 Å². The Morgan fingerprint density at radius 2 is 1.69 bits per heavy atom. The lowest BCUT2D eigenvalue weighted by molar-refractivity contribution is 0.471. The van der Waals surface area contributed by atoms with Gasteiger partial charge in [0.1, 0.15) is 16.4 Å². The van der Waals surface area contributed by atoms with Crippen LogP contribution in [0.5, 0.6) is 11.5 Å². The van der Waals surface area contributed by atoms with E-state index in [1.807, 2.05) is 12.1 Å². The minimum atomic E-state index is -4.40. The van der Waals surface area contributed by atoms with Crippen molar-refractivity contribution in [3.05, 3.63) is 87.3 Å². The summed E-state index contributed by atoms with van der Waals surface area (Å²) in [7, 11) is -4.40. The van der Waals surface area contributed by atoms with Crippen molar-refractivity contribution in [1.82, 2.24) is 0 Å². The van der Waals surface area contributed by atoms with Gasteiger partial charge in [0.25, 0.3) is 10.1 Å². The van der Waals surface area contributed by atoms with E-state index >= 15 is 0 Å². The fourth-order valence-corrected chi connectivity index (χ4v) is 3.96. The first-order valence-electron chi connectivity index (χ1n) is 7.72. The molecule has 0 atom stereocenters. The number of rotatable bonds is 2. The van der Waals surface area contributed by atoms with Gasteiger partial charge in [-0.2, -0.15) is 8.42 Å². The summed E-state index contributed by atoms with van der Waals surface area (Å²) in [6.45, 7) is 3.91. The van der Waals surface area contributed by atoms with Crippen LogP contribution in [0.4, 0.5) is 0 Å². The van der Waals surface area contributed by atoms with E-state index in [9.17, 15) is 13.0 Å². The van der Waals surface area contributed by atoms with Crippen LogP contribution in [0.15, 0.2) is 65.6 Å². The monoisotopic (exact) mass is 384 g/mol. The third-order valence-electron chi connectivity index (χ3n) is 4.18. The molecule has 4 nitrogen and oxygen atoms in total. The molecule has 0 radical (unpaired) electrons. The summed E-state index contributed by atoms with van der Waals surface area (Å²) < 4.78 is 39.5. The van der Waals surface area contributed by atoms with E-state index in [1.165, 1.54) is 6.07 Å². The van der Waals surface area contributed by atoms with E-state index in [-0.39, 0.29) is 4.90 Å². The predicted molar refractivity (Wildman–Crippen MR) is 101 cm³/mol. The van der Waals surface area contributed by atoms with E-state index < -0.39 is 10.1 Å². The Morgan fingerprint density at radius 3 is 2.46 bits per heavy atom. The first-order chi connectivity index (χ1) is 12.3. The van der Waals surface area contributed by atoms with Gasteiger partial charge in [-0.25, -0.2) is 0 Å². The summed E-state index contributed by atoms with van der Waals surface area (Å²) in [6.07, 6.45) is 0. The molecule has 130 valence electrons. The third-order valence-corrected chi connectivity index (χ3v) is 5.33. The Balaban J connectivity index is 2.19. The zero-order chi connectivity index (χ0) is 18.5. The van der Waals surface area contributed by atoms with Gasteiger partial charge in [-0.1, -0.05) is 48.5 Å². The van der Waals surface area contributed by atoms with Gasteiger partial charge < -0.3 is 4.74 Å². The summed E-state index contributed by atoms with van der Waals surface area (Å²) in [5.74, 6) is 1.06. The summed E-state index contributed by atoms with van der Waals surface area (Å²) >= 11 is 6.10. The summed E-state index contributed by atoms with van der Waals surface area (Å²) in [6, 6.07) is 16.9. The van der Waals surface area contributed by atoms with Crippen molar-refractivity contribution < 1.29 is 17.7 Å². The van der Waals surface area contributed by atoms with Gasteiger partial charge in [0.15, 0.2) is 0 Å². The highest BCUT2D eigenvalue weighted by Crippen LogP contribution is 2.38. The second-order valence-electron chi connectivity index (χ2n) is 5.92. The quantitative estimate of drug-likeness (QED) is 0.538. The maximum absolute atomic E-state index is 11.9. The van der Waals surface area contributed by atoms with Gasteiger partial charge in [0.05, 0.1) is 0 Å². The standard InChI is InChI=1S/C20H13ClO4S/c1-12-6-8-14-17(10-12)25-18-11-13(21)7-9-15(18)20(14)16-4-2-3-5-19(16)26(22,23)24/h2-11H,1H2,(H,22,23,24).